The van der Waals surface area contributed by atoms with Crippen molar-refractivity contribution in [3.8, 4) is 0 Å². The zero-order chi connectivity index (χ0) is 13.0. The Labute approximate surface area is 112 Å². The first kappa shape index (κ1) is 13.5. The van der Waals surface area contributed by atoms with Gasteiger partial charge < -0.3 is 9.84 Å². The van der Waals surface area contributed by atoms with Gasteiger partial charge in [-0.15, -0.1) is 11.8 Å². The minimum atomic E-state index is -0.0454. The smallest absolute Gasteiger partial charge is 0.233 e. The second kappa shape index (κ2) is 6.27. The molecule has 1 aromatic rings. The zero-order valence-electron chi connectivity index (χ0n) is 10.9. The maximum absolute atomic E-state index is 11.9. The second-order valence-corrected chi connectivity index (χ2v) is 6.21. The van der Waals surface area contributed by atoms with Gasteiger partial charge in [0.15, 0.2) is 0 Å². The van der Waals surface area contributed by atoms with Gasteiger partial charge in [-0.1, -0.05) is 18.0 Å². The largest absolute Gasteiger partial charge is 0.360 e. The van der Waals surface area contributed by atoms with E-state index in [1.807, 2.05) is 19.9 Å². The van der Waals surface area contributed by atoms with Gasteiger partial charge >= 0.3 is 0 Å². The quantitative estimate of drug-likeness (QED) is 0.892. The molecule has 0 aromatic carbocycles. The van der Waals surface area contributed by atoms with Crippen LogP contribution in [-0.2, 0) is 10.5 Å². The van der Waals surface area contributed by atoms with Crippen molar-refractivity contribution in [2.75, 3.05) is 0 Å². The molecule has 0 radical (unpaired) electrons. The molecule has 1 fully saturated rings. The maximum atomic E-state index is 11.9. The van der Waals surface area contributed by atoms with Crippen molar-refractivity contribution in [2.24, 2.45) is 0 Å². The standard InChI is InChI=1S/C13H20N2O2S/c1-9-7-12(17-15-9)8-18-10(2)13(16)14-11-5-3-4-6-11/h7,10-11H,3-6,8H2,1-2H3,(H,14,16)/t10-/m0/s1. The van der Waals surface area contributed by atoms with Crippen LogP contribution in [0.4, 0.5) is 0 Å². The zero-order valence-corrected chi connectivity index (χ0v) is 11.8. The molecule has 1 saturated carbocycles. The molecule has 1 heterocycles. The molecule has 1 aliphatic rings. The summed E-state index contributed by atoms with van der Waals surface area (Å²) in [6.07, 6.45) is 4.74. The van der Waals surface area contributed by atoms with E-state index in [0.717, 1.165) is 24.3 Å². The van der Waals surface area contributed by atoms with E-state index in [9.17, 15) is 4.79 Å². The molecule has 1 N–H and O–H groups in total. The number of nitrogens with one attached hydrogen (secondary N) is 1. The molecule has 1 aliphatic carbocycles. The summed E-state index contributed by atoms with van der Waals surface area (Å²) < 4.78 is 5.13. The van der Waals surface area contributed by atoms with Crippen LogP contribution in [0.15, 0.2) is 10.6 Å². The van der Waals surface area contributed by atoms with Gasteiger partial charge in [-0.2, -0.15) is 0 Å². The fraction of sp³-hybridized carbons (Fsp3) is 0.692. The Hall–Kier alpha value is -0.970. The van der Waals surface area contributed by atoms with Gasteiger partial charge in [-0.25, -0.2) is 0 Å². The number of nitrogens with zero attached hydrogens (tertiary/aromatic N) is 1. The Bertz CT molecular complexity index is 399. The number of aromatic nitrogens is 1. The van der Waals surface area contributed by atoms with Gasteiger partial charge in [0.05, 0.1) is 16.7 Å². The fourth-order valence-corrected chi connectivity index (χ4v) is 2.93. The highest BCUT2D eigenvalue weighted by atomic mass is 32.2. The molecule has 4 nitrogen and oxygen atoms in total. The molecule has 1 amide bonds. The highest BCUT2D eigenvalue weighted by Gasteiger charge is 2.21. The molecular weight excluding hydrogens is 248 g/mol. The number of hydrogen-bond acceptors (Lipinski definition) is 4. The number of carbonyl (C=O) groups excluding carboxylic acids is 1. The van der Waals surface area contributed by atoms with Crippen LogP contribution in [0.1, 0.15) is 44.1 Å². The molecule has 1 atom stereocenters. The van der Waals surface area contributed by atoms with Crippen molar-refractivity contribution >= 4 is 17.7 Å². The van der Waals surface area contributed by atoms with Gasteiger partial charge in [0.2, 0.25) is 5.91 Å². The molecule has 0 spiro atoms. The van der Waals surface area contributed by atoms with Gasteiger partial charge in [0.25, 0.3) is 0 Å². The lowest BCUT2D eigenvalue weighted by Crippen LogP contribution is -2.37. The van der Waals surface area contributed by atoms with Crippen molar-refractivity contribution in [1.29, 1.82) is 0 Å². The molecule has 0 saturated heterocycles. The first-order valence-corrected chi connectivity index (χ1v) is 7.54. The summed E-state index contributed by atoms with van der Waals surface area (Å²) >= 11 is 1.59. The minimum absolute atomic E-state index is 0.0454. The van der Waals surface area contributed by atoms with Crippen LogP contribution in [0.5, 0.6) is 0 Å². The van der Waals surface area contributed by atoms with E-state index in [1.54, 1.807) is 11.8 Å². The average Bonchev–Trinajstić information content (AvgIpc) is 2.97. The van der Waals surface area contributed by atoms with Gasteiger partial charge in [-0.3, -0.25) is 4.79 Å². The first-order chi connectivity index (χ1) is 8.65. The van der Waals surface area contributed by atoms with Gasteiger partial charge in [0, 0.05) is 12.1 Å². The monoisotopic (exact) mass is 268 g/mol. The van der Waals surface area contributed by atoms with Crippen molar-refractivity contribution in [3.63, 3.8) is 0 Å². The van der Waals surface area contributed by atoms with Crippen LogP contribution in [-0.4, -0.2) is 22.4 Å². The number of rotatable bonds is 5. The van der Waals surface area contributed by atoms with Crippen LogP contribution >= 0.6 is 11.8 Å². The summed E-state index contributed by atoms with van der Waals surface area (Å²) in [7, 11) is 0. The molecular formula is C13H20N2O2S. The van der Waals surface area contributed by atoms with Gasteiger partial charge in [0.1, 0.15) is 5.76 Å². The minimum Gasteiger partial charge on any atom is -0.360 e. The summed E-state index contributed by atoms with van der Waals surface area (Å²) in [5, 5.41) is 6.90. The Kier molecular flexibility index (Phi) is 4.69. The van der Waals surface area contributed by atoms with E-state index in [1.165, 1.54) is 12.8 Å². The number of carbonyl (C=O) groups is 1. The van der Waals surface area contributed by atoms with Crippen LogP contribution < -0.4 is 5.32 Å². The molecule has 18 heavy (non-hydrogen) atoms. The molecule has 0 bridgehead atoms. The predicted molar refractivity (Wildman–Crippen MR) is 72.4 cm³/mol. The Morgan fingerprint density at radius 3 is 2.94 bits per heavy atom. The fourth-order valence-electron chi connectivity index (χ4n) is 2.16. The van der Waals surface area contributed by atoms with E-state index < -0.39 is 0 Å². The summed E-state index contributed by atoms with van der Waals surface area (Å²) in [6, 6.07) is 2.31. The van der Waals surface area contributed by atoms with E-state index in [2.05, 4.69) is 10.5 Å². The van der Waals surface area contributed by atoms with E-state index >= 15 is 0 Å². The van der Waals surface area contributed by atoms with Crippen LogP contribution in [0.3, 0.4) is 0 Å². The molecule has 0 unspecified atom stereocenters. The lowest BCUT2D eigenvalue weighted by atomic mass is 10.2. The van der Waals surface area contributed by atoms with E-state index in [-0.39, 0.29) is 11.2 Å². The second-order valence-electron chi connectivity index (χ2n) is 4.88. The molecule has 100 valence electrons. The molecule has 2 rings (SSSR count). The SMILES string of the molecule is Cc1cc(CS[C@@H](C)C(=O)NC2CCCC2)on1. The first-order valence-electron chi connectivity index (χ1n) is 6.49. The average molecular weight is 268 g/mol. The summed E-state index contributed by atoms with van der Waals surface area (Å²) in [5.41, 5.74) is 0.883. The van der Waals surface area contributed by atoms with Crippen molar-refractivity contribution in [1.82, 2.24) is 10.5 Å². The van der Waals surface area contributed by atoms with E-state index in [0.29, 0.717) is 11.8 Å². The number of aryl methyl sites for hydroxylation is 1. The van der Waals surface area contributed by atoms with E-state index in [4.69, 9.17) is 4.52 Å². The van der Waals surface area contributed by atoms with Gasteiger partial charge in [-0.05, 0) is 26.7 Å². The lowest BCUT2D eigenvalue weighted by Gasteiger charge is -2.15. The Morgan fingerprint density at radius 2 is 2.33 bits per heavy atom. The Morgan fingerprint density at radius 1 is 1.61 bits per heavy atom. The van der Waals surface area contributed by atoms with Crippen molar-refractivity contribution < 1.29 is 9.32 Å². The van der Waals surface area contributed by atoms with Crippen LogP contribution in [0, 0.1) is 6.92 Å². The molecule has 1 aromatic heterocycles. The third kappa shape index (κ3) is 3.77. The Balaban J connectivity index is 1.73. The maximum Gasteiger partial charge on any atom is 0.233 e. The summed E-state index contributed by atoms with van der Waals surface area (Å²) in [5.74, 6) is 1.67. The highest BCUT2D eigenvalue weighted by Crippen LogP contribution is 2.21. The summed E-state index contributed by atoms with van der Waals surface area (Å²) in [6.45, 7) is 3.84. The third-order valence-electron chi connectivity index (χ3n) is 3.22. The number of thioether (sulfide) groups is 1. The third-order valence-corrected chi connectivity index (χ3v) is 4.39. The van der Waals surface area contributed by atoms with Crippen LogP contribution in [0.2, 0.25) is 0 Å². The van der Waals surface area contributed by atoms with Crippen molar-refractivity contribution in [3.05, 3.63) is 17.5 Å². The molecule has 0 aliphatic heterocycles. The topological polar surface area (TPSA) is 55.1 Å². The lowest BCUT2D eigenvalue weighted by molar-refractivity contribution is -0.120. The predicted octanol–water partition coefficient (Wildman–Crippen LogP) is 2.66. The number of hydrogen-bond donors (Lipinski definition) is 1. The van der Waals surface area contributed by atoms with Crippen LogP contribution in [0.25, 0.3) is 0 Å². The van der Waals surface area contributed by atoms with Crippen molar-refractivity contribution in [2.45, 2.75) is 56.6 Å². The number of amides is 1. The molecule has 5 heteroatoms. The normalized spacial score (nSPS) is 17.9. The summed E-state index contributed by atoms with van der Waals surface area (Å²) in [4.78, 5) is 11.9. The highest BCUT2D eigenvalue weighted by molar-refractivity contribution is 7.99.